The largest absolute Gasteiger partial charge is 0.465 e. The first-order valence-electron chi connectivity index (χ1n) is 5.42. The minimum Gasteiger partial charge on any atom is -0.465 e. The number of rotatable bonds is 2. The maximum atomic E-state index is 12.9. The van der Waals surface area contributed by atoms with Crippen molar-refractivity contribution in [3.63, 3.8) is 0 Å². The van der Waals surface area contributed by atoms with Gasteiger partial charge in [-0.05, 0) is 31.2 Å². The fraction of sp³-hybridized carbons (Fsp3) is 0.231. The Morgan fingerprint density at radius 1 is 1.33 bits per heavy atom. The highest BCUT2D eigenvalue weighted by atomic mass is 19.1. The second kappa shape index (κ2) is 4.60. The van der Waals surface area contributed by atoms with Gasteiger partial charge in [0.1, 0.15) is 11.4 Å². The third-order valence-electron chi connectivity index (χ3n) is 2.73. The molecule has 0 bridgehead atoms. The fourth-order valence-electron chi connectivity index (χ4n) is 1.94. The molecular formula is C13H13FN2O2. The number of carbonyl (C=O) groups is 1. The Hall–Kier alpha value is -2.17. The molecule has 0 N–H and O–H groups in total. The molecule has 94 valence electrons. The molecule has 2 rings (SSSR count). The second-order valence-corrected chi connectivity index (χ2v) is 3.93. The molecule has 0 saturated heterocycles. The molecule has 0 atom stereocenters. The van der Waals surface area contributed by atoms with E-state index < -0.39 is 5.97 Å². The van der Waals surface area contributed by atoms with Crippen LogP contribution in [0.3, 0.4) is 0 Å². The van der Waals surface area contributed by atoms with Crippen LogP contribution >= 0.6 is 0 Å². The van der Waals surface area contributed by atoms with Crippen molar-refractivity contribution in [3.8, 4) is 11.3 Å². The summed E-state index contributed by atoms with van der Waals surface area (Å²) in [6.07, 6.45) is 0. The Morgan fingerprint density at radius 2 is 1.94 bits per heavy atom. The predicted molar refractivity (Wildman–Crippen MR) is 64.7 cm³/mol. The molecule has 0 amide bonds. The molecule has 4 nitrogen and oxygen atoms in total. The van der Waals surface area contributed by atoms with E-state index in [0.29, 0.717) is 17.0 Å². The van der Waals surface area contributed by atoms with Gasteiger partial charge in [-0.15, -0.1) is 0 Å². The third-order valence-corrected chi connectivity index (χ3v) is 2.73. The van der Waals surface area contributed by atoms with E-state index in [1.165, 1.54) is 19.2 Å². The van der Waals surface area contributed by atoms with Crippen molar-refractivity contribution in [2.75, 3.05) is 7.11 Å². The van der Waals surface area contributed by atoms with E-state index in [1.54, 1.807) is 30.8 Å². The SMILES string of the molecule is COC(=O)c1c(C)nn(C)c1-c1ccc(F)cc1. The van der Waals surface area contributed by atoms with Gasteiger partial charge in [-0.25, -0.2) is 9.18 Å². The average molecular weight is 248 g/mol. The van der Waals surface area contributed by atoms with Gasteiger partial charge in [0.15, 0.2) is 0 Å². The van der Waals surface area contributed by atoms with E-state index >= 15 is 0 Å². The number of aryl methyl sites for hydroxylation is 2. The predicted octanol–water partition coefficient (Wildman–Crippen LogP) is 2.32. The van der Waals surface area contributed by atoms with Crippen molar-refractivity contribution in [1.29, 1.82) is 0 Å². The summed E-state index contributed by atoms with van der Waals surface area (Å²) >= 11 is 0. The minimum atomic E-state index is -0.445. The van der Waals surface area contributed by atoms with Gasteiger partial charge in [0.2, 0.25) is 0 Å². The Balaban J connectivity index is 2.63. The highest BCUT2D eigenvalue weighted by molar-refractivity contribution is 5.97. The van der Waals surface area contributed by atoms with Crippen molar-refractivity contribution in [3.05, 3.63) is 41.3 Å². The smallest absolute Gasteiger partial charge is 0.342 e. The number of esters is 1. The summed E-state index contributed by atoms with van der Waals surface area (Å²) in [6.45, 7) is 1.74. The highest BCUT2D eigenvalue weighted by Gasteiger charge is 2.21. The van der Waals surface area contributed by atoms with Crippen molar-refractivity contribution < 1.29 is 13.9 Å². The summed E-state index contributed by atoms with van der Waals surface area (Å²) in [5.74, 6) is -0.766. The van der Waals surface area contributed by atoms with Crippen LogP contribution in [0.5, 0.6) is 0 Å². The standard InChI is InChI=1S/C13H13FN2O2/c1-8-11(13(17)18-3)12(16(2)15-8)9-4-6-10(14)7-5-9/h4-7H,1-3H3. The summed E-state index contributed by atoms with van der Waals surface area (Å²) in [6, 6.07) is 5.91. The second-order valence-electron chi connectivity index (χ2n) is 3.93. The molecule has 0 aliphatic heterocycles. The van der Waals surface area contributed by atoms with Crippen LogP contribution in [0.1, 0.15) is 16.1 Å². The zero-order chi connectivity index (χ0) is 13.3. The number of hydrogen-bond acceptors (Lipinski definition) is 3. The maximum absolute atomic E-state index is 12.9. The van der Waals surface area contributed by atoms with Crippen molar-refractivity contribution in [1.82, 2.24) is 9.78 Å². The maximum Gasteiger partial charge on any atom is 0.342 e. The van der Waals surface area contributed by atoms with Crippen LogP contribution in [-0.2, 0) is 11.8 Å². The van der Waals surface area contributed by atoms with Crippen LogP contribution in [0.15, 0.2) is 24.3 Å². The monoisotopic (exact) mass is 248 g/mol. The summed E-state index contributed by atoms with van der Waals surface area (Å²) in [7, 11) is 3.06. The van der Waals surface area contributed by atoms with Gasteiger partial charge in [-0.2, -0.15) is 5.10 Å². The zero-order valence-electron chi connectivity index (χ0n) is 10.4. The Bertz CT molecular complexity index is 588. The normalized spacial score (nSPS) is 10.4. The van der Waals surface area contributed by atoms with Crippen LogP contribution in [0.2, 0.25) is 0 Å². The van der Waals surface area contributed by atoms with Crippen LogP contribution in [-0.4, -0.2) is 22.9 Å². The number of nitrogens with zero attached hydrogens (tertiary/aromatic N) is 2. The van der Waals surface area contributed by atoms with Crippen LogP contribution in [0.25, 0.3) is 11.3 Å². The Morgan fingerprint density at radius 3 is 2.50 bits per heavy atom. The molecule has 0 spiro atoms. The number of aromatic nitrogens is 2. The topological polar surface area (TPSA) is 44.1 Å². The summed E-state index contributed by atoms with van der Waals surface area (Å²) in [4.78, 5) is 11.8. The molecule has 2 aromatic rings. The Labute approximate surface area is 104 Å². The number of benzene rings is 1. The van der Waals surface area contributed by atoms with Crippen molar-refractivity contribution in [2.24, 2.45) is 7.05 Å². The third kappa shape index (κ3) is 1.99. The van der Waals surface area contributed by atoms with E-state index in [4.69, 9.17) is 4.74 Å². The number of ether oxygens (including phenoxy) is 1. The van der Waals surface area contributed by atoms with E-state index in [1.807, 2.05) is 0 Å². The average Bonchev–Trinajstić information content (AvgIpc) is 2.64. The highest BCUT2D eigenvalue weighted by Crippen LogP contribution is 2.26. The lowest BCUT2D eigenvalue weighted by Crippen LogP contribution is -2.04. The number of methoxy groups -OCH3 is 1. The van der Waals surface area contributed by atoms with E-state index in [9.17, 15) is 9.18 Å². The van der Waals surface area contributed by atoms with E-state index in [0.717, 1.165) is 5.56 Å². The molecule has 0 radical (unpaired) electrons. The minimum absolute atomic E-state index is 0.322. The summed E-state index contributed by atoms with van der Waals surface area (Å²) < 4.78 is 19.3. The molecule has 0 fully saturated rings. The van der Waals surface area contributed by atoms with Gasteiger partial charge >= 0.3 is 5.97 Å². The number of carbonyl (C=O) groups excluding carboxylic acids is 1. The molecule has 18 heavy (non-hydrogen) atoms. The first-order valence-corrected chi connectivity index (χ1v) is 5.42. The quantitative estimate of drug-likeness (QED) is 0.766. The molecule has 1 heterocycles. The zero-order valence-corrected chi connectivity index (χ0v) is 10.4. The van der Waals surface area contributed by atoms with Gasteiger partial charge in [0.05, 0.1) is 18.5 Å². The molecule has 0 saturated carbocycles. The van der Waals surface area contributed by atoms with Gasteiger partial charge in [-0.3, -0.25) is 4.68 Å². The van der Waals surface area contributed by atoms with Crippen molar-refractivity contribution in [2.45, 2.75) is 6.92 Å². The Kier molecular flexibility index (Phi) is 3.14. The van der Waals surface area contributed by atoms with Gasteiger partial charge in [0, 0.05) is 12.6 Å². The molecule has 0 aliphatic rings. The molecule has 5 heteroatoms. The lowest BCUT2D eigenvalue weighted by molar-refractivity contribution is 0.0601. The van der Waals surface area contributed by atoms with Gasteiger partial charge < -0.3 is 4.74 Å². The van der Waals surface area contributed by atoms with E-state index in [2.05, 4.69) is 5.10 Å². The van der Waals surface area contributed by atoms with Crippen molar-refractivity contribution >= 4 is 5.97 Å². The molecule has 0 aliphatic carbocycles. The molecular weight excluding hydrogens is 235 g/mol. The molecule has 1 aromatic carbocycles. The van der Waals surface area contributed by atoms with Gasteiger partial charge in [-0.1, -0.05) is 0 Å². The molecule has 0 unspecified atom stereocenters. The molecule has 1 aromatic heterocycles. The van der Waals surface area contributed by atoms with Crippen LogP contribution in [0.4, 0.5) is 4.39 Å². The lowest BCUT2D eigenvalue weighted by atomic mass is 10.1. The summed E-state index contributed by atoms with van der Waals surface area (Å²) in [5.41, 5.74) is 2.34. The summed E-state index contributed by atoms with van der Waals surface area (Å²) in [5, 5.41) is 4.20. The lowest BCUT2D eigenvalue weighted by Gasteiger charge is -2.05. The first kappa shape index (κ1) is 12.3. The number of halogens is 1. The first-order chi connectivity index (χ1) is 8.54. The van der Waals surface area contributed by atoms with E-state index in [-0.39, 0.29) is 5.82 Å². The van der Waals surface area contributed by atoms with Crippen LogP contribution < -0.4 is 0 Å². The number of hydrogen-bond donors (Lipinski definition) is 0. The van der Waals surface area contributed by atoms with Crippen LogP contribution in [0, 0.1) is 12.7 Å². The van der Waals surface area contributed by atoms with Gasteiger partial charge in [0.25, 0.3) is 0 Å². The fourth-order valence-corrected chi connectivity index (χ4v) is 1.94.